The SMILES string of the molecule is CC(C)[CH2][Al+][CH2]C(C)C.CC(C)[CH2][Al+][CH2]C(C)C.[O-2]. The van der Waals surface area contributed by atoms with Gasteiger partial charge in [-0.3, -0.25) is 0 Å². The monoisotopic (exact) mass is 298 g/mol. The van der Waals surface area contributed by atoms with Crippen LogP contribution in [0.5, 0.6) is 0 Å². The minimum absolute atomic E-state index is 0. The zero-order valence-electron chi connectivity index (χ0n) is 14.7. The summed E-state index contributed by atoms with van der Waals surface area (Å²) in [6.07, 6.45) is 0. The molecule has 0 saturated heterocycles. The van der Waals surface area contributed by atoms with Crippen LogP contribution in [0.15, 0.2) is 0 Å². The van der Waals surface area contributed by atoms with E-state index < -0.39 is 0 Å². The van der Waals surface area contributed by atoms with Crippen LogP contribution >= 0.6 is 0 Å². The maximum Gasteiger partial charge on any atom is -2.00 e. The molecule has 112 valence electrons. The van der Waals surface area contributed by atoms with Gasteiger partial charge in [-0.05, 0) is 0 Å². The molecule has 0 unspecified atom stereocenters. The molecule has 0 aliphatic carbocycles. The van der Waals surface area contributed by atoms with Gasteiger partial charge >= 0.3 is 131 Å². The first kappa shape index (κ1) is 25.0. The van der Waals surface area contributed by atoms with Crippen LogP contribution in [0.4, 0.5) is 0 Å². The Balaban J connectivity index is -0.000000256. The molecule has 0 bridgehead atoms. The van der Waals surface area contributed by atoms with Crippen molar-refractivity contribution >= 4 is 30.4 Å². The second kappa shape index (κ2) is 17.1. The van der Waals surface area contributed by atoms with Crippen LogP contribution in [0.25, 0.3) is 0 Å². The summed E-state index contributed by atoms with van der Waals surface area (Å²) in [5.74, 6) is 3.72. The van der Waals surface area contributed by atoms with Gasteiger partial charge in [-0.1, -0.05) is 0 Å². The van der Waals surface area contributed by atoms with E-state index in [0.717, 1.165) is 54.1 Å². The van der Waals surface area contributed by atoms with E-state index in [2.05, 4.69) is 55.4 Å². The average Bonchev–Trinajstić information content (AvgIpc) is 2.15. The van der Waals surface area contributed by atoms with E-state index >= 15 is 0 Å². The van der Waals surface area contributed by atoms with Crippen molar-refractivity contribution in [3.8, 4) is 0 Å². The summed E-state index contributed by atoms with van der Waals surface area (Å²) >= 11 is 1.51. The normalized spacial score (nSPS) is 9.89. The van der Waals surface area contributed by atoms with Crippen molar-refractivity contribution in [2.75, 3.05) is 0 Å². The van der Waals surface area contributed by atoms with Crippen molar-refractivity contribution < 1.29 is 5.48 Å². The molecular weight excluding hydrogens is 262 g/mol. The largest absolute Gasteiger partial charge is 2.00 e. The van der Waals surface area contributed by atoms with Gasteiger partial charge in [0.25, 0.3) is 0 Å². The Bertz CT molecular complexity index is 123. The van der Waals surface area contributed by atoms with Crippen molar-refractivity contribution in [2.24, 2.45) is 23.7 Å². The van der Waals surface area contributed by atoms with Crippen LogP contribution in [0.3, 0.4) is 0 Å². The van der Waals surface area contributed by atoms with Crippen molar-refractivity contribution in [1.29, 1.82) is 0 Å². The molecule has 0 atom stereocenters. The van der Waals surface area contributed by atoms with Crippen molar-refractivity contribution in [1.82, 2.24) is 0 Å². The quantitative estimate of drug-likeness (QED) is 0.525. The molecule has 0 N–H and O–H groups in total. The van der Waals surface area contributed by atoms with Crippen LogP contribution in [0, 0.1) is 23.7 Å². The fourth-order valence-electron chi connectivity index (χ4n) is 1.53. The molecule has 0 fully saturated rings. The summed E-state index contributed by atoms with van der Waals surface area (Å²) in [4.78, 5) is 0. The minimum atomic E-state index is 0. The van der Waals surface area contributed by atoms with Gasteiger partial charge in [-0.2, -0.15) is 0 Å². The Morgan fingerprint density at radius 1 is 0.474 bits per heavy atom. The van der Waals surface area contributed by atoms with Gasteiger partial charge < -0.3 is 5.48 Å². The molecule has 0 aliphatic heterocycles. The molecule has 0 spiro atoms. The third-order valence-corrected chi connectivity index (χ3v) is 7.66. The second-order valence-electron chi connectivity index (χ2n) is 7.10. The van der Waals surface area contributed by atoms with Gasteiger partial charge in [0.05, 0.1) is 0 Å². The molecule has 0 aromatic rings. The van der Waals surface area contributed by atoms with Crippen molar-refractivity contribution in [2.45, 2.75) is 76.5 Å². The summed E-state index contributed by atoms with van der Waals surface area (Å²) in [5.41, 5.74) is 0. The van der Waals surface area contributed by atoms with E-state index in [4.69, 9.17) is 0 Å². The zero-order valence-corrected chi connectivity index (χ0v) is 17.0. The first-order valence-electron chi connectivity index (χ1n) is 7.88. The van der Waals surface area contributed by atoms with E-state index in [0.29, 0.717) is 0 Å². The first-order chi connectivity index (χ1) is 8.25. The molecule has 3 heteroatoms. The molecule has 0 aromatic heterocycles. The van der Waals surface area contributed by atoms with Gasteiger partial charge in [0.1, 0.15) is 0 Å². The van der Waals surface area contributed by atoms with Gasteiger partial charge in [0.2, 0.25) is 0 Å². The van der Waals surface area contributed by atoms with Crippen LogP contribution in [-0.2, 0) is 5.48 Å². The Morgan fingerprint density at radius 3 is 0.737 bits per heavy atom. The molecule has 0 aromatic carbocycles. The predicted molar refractivity (Wildman–Crippen MR) is 90.8 cm³/mol. The fourth-order valence-corrected chi connectivity index (χ4v) is 4.58. The molecule has 0 saturated carbocycles. The summed E-state index contributed by atoms with van der Waals surface area (Å²) < 4.78 is 0. The number of hydrogen-bond acceptors (Lipinski definition) is 0. The fraction of sp³-hybridized carbons (Fsp3) is 1.00. The second-order valence-corrected chi connectivity index (χ2v) is 10.1. The molecular formula is C16H36Al2O. The molecule has 0 heterocycles. The third kappa shape index (κ3) is 32.5. The van der Waals surface area contributed by atoms with E-state index in [1.54, 1.807) is 0 Å². The Hall–Kier alpha value is 1.02. The maximum atomic E-state index is 2.31. The summed E-state index contributed by atoms with van der Waals surface area (Å²) in [6, 6.07) is 0. The molecule has 0 aliphatic rings. The third-order valence-electron chi connectivity index (χ3n) is 2.55. The number of hydrogen-bond donors (Lipinski definition) is 0. The topological polar surface area (TPSA) is 28.5 Å². The van der Waals surface area contributed by atoms with Crippen LogP contribution < -0.4 is 0 Å². The molecule has 0 amide bonds. The van der Waals surface area contributed by atoms with E-state index in [1.165, 1.54) is 21.1 Å². The Morgan fingerprint density at radius 2 is 0.632 bits per heavy atom. The van der Waals surface area contributed by atoms with E-state index in [9.17, 15) is 0 Å². The maximum absolute atomic E-state index is 2.31. The van der Waals surface area contributed by atoms with Crippen molar-refractivity contribution in [3.05, 3.63) is 0 Å². The summed E-state index contributed by atoms with van der Waals surface area (Å²) in [7, 11) is 0. The smallest absolute Gasteiger partial charge is 2.00 e. The Labute approximate surface area is 136 Å². The van der Waals surface area contributed by atoms with Gasteiger partial charge in [0, 0.05) is 0 Å². The van der Waals surface area contributed by atoms with Crippen LogP contribution in [-0.4, -0.2) is 30.4 Å². The molecule has 1 nitrogen and oxygen atoms in total. The van der Waals surface area contributed by atoms with E-state index in [1.807, 2.05) is 0 Å². The van der Waals surface area contributed by atoms with Gasteiger partial charge in [-0.25, -0.2) is 0 Å². The van der Waals surface area contributed by atoms with Gasteiger partial charge in [0.15, 0.2) is 0 Å². The minimum Gasteiger partial charge on any atom is -2.00 e. The molecule has 0 rings (SSSR count). The summed E-state index contributed by atoms with van der Waals surface area (Å²) in [5, 5.41) is 5.94. The van der Waals surface area contributed by atoms with Gasteiger partial charge in [-0.15, -0.1) is 0 Å². The molecule has 0 radical (unpaired) electrons. The first-order valence-corrected chi connectivity index (χ1v) is 11.2. The van der Waals surface area contributed by atoms with Crippen molar-refractivity contribution in [3.63, 3.8) is 0 Å². The van der Waals surface area contributed by atoms with Crippen LogP contribution in [0.1, 0.15) is 55.4 Å². The van der Waals surface area contributed by atoms with Crippen LogP contribution in [0.2, 0.25) is 21.1 Å². The summed E-state index contributed by atoms with van der Waals surface area (Å²) in [6.45, 7) is 18.5. The zero-order chi connectivity index (χ0) is 14.6. The standard InChI is InChI=1S/4C4H9.2Al.O/c4*1-4(2)3;;;/h4*4H,1H2,2-3H3;;;/q;;;;2*+1;-2. The van der Waals surface area contributed by atoms with E-state index in [-0.39, 0.29) is 5.48 Å². The number of rotatable bonds is 8. The molecule has 19 heavy (non-hydrogen) atoms. The predicted octanol–water partition coefficient (Wildman–Crippen LogP) is 5.56. The Kier molecular flexibility index (Phi) is 22.5. The average molecular weight is 298 g/mol.